The minimum atomic E-state index is -0.0885. The molecule has 0 spiro atoms. The van der Waals surface area contributed by atoms with Crippen LogP contribution in [0.15, 0.2) is 30.3 Å². The summed E-state index contributed by atoms with van der Waals surface area (Å²) in [4.78, 5) is 17.6. The Morgan fingerprint density at radius 2 is 2.17 bits per heavy atom. The molecule has 132 valence electrons. The van der Waals surface area contributed by atoms with Gasteiger partial charge in [0.2, 0.25) is 5.91 Å². The van der Waals surface area contributed by atoms with E-state index in [1.807, 2.05) is 35.4 Å². The molecule has 6 heteroatoms. The number of nitrogens with zero attached hydrogens (tertiary/aromatic N) is 1. The molecular weight excluding hydrogens is 308 g/mol. The number of amides is 1. The first-order valence-electron chi connectivity index (χ1n) is 8.72. The molecule has 0 unspecified atom stereocenters. The minimum Gasteiger partial charge on any atom is -0.379 e. The van der Waals surface area contributed by atoms with Crippen LogP contribution in [0.1, 0.15) is 24.8 Å². The zero-order valence-electron chi connectivity index (χ0n) is 14.0. The highest BCUT2D eigenvalue weighted by Gasteiger charge is 2.28. The van der Waals surface area contributed by atoms with Crippen molar-refractivity contribution in [2.45, 2.75) is 38.0 Å². The molecule has 6 nitrogen and oxygen atoms in total. The van der Waals surface area contributed by atoms with E-state index in [0.717, 1.165) is 31.6 Å². The molecule has 2 heterocycles. The lowest BCUT2D eigenvalue weighted by molar-refractivity contribution is -0.134. The summed E-state index contributed by atoms with van der Waals surface area (Å²) in [5.74, 6) is 0.0225. The summed E-state index contributed by atoms with van der Waals surface area (Å²) in [5, 5.41) is 4.92. The summed E-state index contributed by atoms with van der Waals surface area (Å²) in [6.07, 6.45) is 2.26. The van der Waals surface area contributed by atoms with Crippen molar-refractivity contribution in [1.82, 2.24) is 10.4 Å². The van der Waals surface area contributed by atoms with Gasteiger partial charge in [-0.05, 0) is 18.4 Å². The van der Waals surface area contributed by atoms with Gasteiger partial charge in [0.15, 0.2) is 0 Å². The third kappa shape index (κ3) is 5.27. The predicted molar refractivity (Wildman–Crippen MR) is 89.1 cm³/mol. The van der Waals surface area contributed by atoms with Gasteiger partial charge in [0.25, 0.3) is 0 Å². The van der Waals surface area contributed by atoms with Gasteiger partial charge in [0.1, 0.15) is 0 Å². The molecule has 0 radical (unpaired) electrons. The molecule has 3 rings (SSSR count). The summed E-state index contributed by atoms with van der Waals surface area (Å²) in [7, 11) is 0. The lowest BCUT2D eigenvalue weighted by atomic mass is 10.1. The summed E-state index contributed by atoms with van der Waals surface area (Å²) >= 11 is 0. The van der Waals surface area contributed by atoms with Crippen LogP contribution in [0.4, 0.5) is 0 Å². The molecule has 2 fully saturated rings. The lowest BCUT2D eigenvalue weighted by Crippen LogP contribution is -2.50. The van der Waals surface area contributed by atoms with Crippen molar-refractivity contribution in [2.24, 2.45) is 0 Å². The number of benzene rings is 1. The maximum Gasteiger partial charge on any atom is 0.221 e. The van der Waals surface area contributed by atoms with Gasteiger partial charge >= 0.3 is 0 Å². The second kappa shape index (κ2) is 9.13. The minimum absolute atomic E-state index is 0.00839. The first-order valence-corrected chi connectivity index (χ1v) is 8.72. The second-order valence-electron chi connectivity index (χ2n) is 6.24. The molecule has 1 aromatic carbocycles. The summed E-state index contributed by atoms with van der Waals surface area (Å²) in [5.41, 5.74) is 1.14. The molecule has 0 aromatic heterocycles. The first-order chi connectivity index (χ1) is 11.8. The van der Waals surface area contributed by atoms with Crippen molar-refractivity contribution in [3.8, 4) is 0 Å². The van der Waals surface area contributed by atoms with Gasteiger partial charge < -0.3 is 14.8 Å². The van der Waals surface area contributed by atoms with E-state index in [4.69, 9.17) is 14.3 Å². The van der Waals surface area contributed by atoms with Gasteiger partial charge in [0.05, 0.1) is 32.0 Å². The topological polar surface area (TPSA) is 60.0 Å². The van der Waals surface area contributed by atoms with Crippen LogP contribution in [-0.4, -0.2) is 56.0 Å². The molecule has 1 amide bonds. The molecular formula is C18H26N2O4. The fourth-order valence-electron chi connectivity index (χ4n) is 3.01. The largest absolute Gasteiger partial charge is 0.379 e. The van der Waals surface area contributed by atoms with E-state index in [2.05, 4.69) is 5.32 Å². The molecule has 2 atom stereocenters. The van der Waals surface area contributed by atoms with Gasteiger partial charge in [-0.2, -0.15) is 5.06 Å². The van der Waals surface area contributed by atoms with Gasteiger partial charge in [-0.15, -0.1) is 0 Å². The fraction of sp³-hybridized carbons (Fsp3) is 0.611. The van der Waals surface area contributed by atoms with Gasteiger partial charge in [-0.25, -0.2) is 0 Å². The Labute approximate surface area is 143 Å². The molecule has 1 aromatic rings. The smallest absolute Gasteiger partial charge is 0.221 e. The van der Waals surface area contributed by atoms with Crippen LogP contribution in [0, 0.1) is 0 Å². The van der Waals surface area contributed by atoms with Crippen molar-refractivity contribution in [1.29, 1.82) is 0 Å². The Bertz CT molecular complexity index is 505. The zero-order chi connectivity index (χ0) is 16.6. The van der Waals surface area contributed by atoms with Crippen LogP contribution in [0.25, 0.3) is 0 Å². The van der Waals surface area contributed by atoms with E-state index >= 15 is 0 Å². The Morgan fingerprint density at radius 3 is 2.96 bits per heavy atom. The van der Waals surface area contributed by atoms with Crippen molar-refractivity contribution in [3.63, 3.8) is 0 Å². The average molecular weight is 334 g/mol. The predicted octanol–water partition coefficient (Wildman–Crippen LogP) is 1.50. The Balaban J connectivity index is 1.43. The Morgan fingerprint density at radius 1 is 1.29 bits per heavy atom. The molecule has 2 aliphatic rings. The Hall–Kier alpha value is -1.47. The van der Waals surface area contributed by atoms with Crippen LogP contribution >= 0.6 is 0 Å². The van der Waals surface area contributed by atoms with Gasteiger partial charge in [-0.3, -0.25) is 9.63 Å². The van der Waals surface area contributed by atoms with E-state index in [1.165, 1.54) is 0 Å². The van der Waals surface area contributed by atoms with E-state index in [9.17, 15) is 4.79 Å². The number of hydrogen-bond acceptors (Lipinski definition) is 5. The number of hydroxylamine groups is 2. The average Bonchev–Trinajstić information content (AvgIpc) is 3.14. The summed E-state index contributed by atoms with van der Waals surface area (Å²) in [6, 6.07) is 10.00. The van der Waals surface area contributed by atoms with Crippen LogP contribution < -0.4 is 5.32 Å². The van der Waals surface area contributed by atoms with Crippen LogP contribution in [0.5, 0.6) is 0 Å². The highest BCUT2D eigenvalue weighted by molar-refractivity contribution is 5.76. The van der Waals surface area contributed by atoms with Crippen LogP contribution in [0.3, 0.4) is 0 Å². The van der Waals surface area contributed by atoms with Crippen LogP contribution in [0.2, 0.25) is 0 Å². The molecule has 24 heavy (non-hydrogen) atoms. The SMILES string of the molecule is O=C(CCN1CCCO1)N[C@@H]1COCC[C@@H]1OCc1ccccc1. The number of carbonyl (C=O) groups excluding carboxylic acids is 1. The molecule has 0 bridgehead atoms. The van der Waals surface area contributed by atoms with E-state index in [1.54, 1.807) is 0 Å². The monoisotopic (exact) mass is 334 g/mol. The second-order valence-corrected chi connectivity index (χ2v) is 6.24. The third-order valence-corrected chi connectivity index (χ3v) is 4.36. The molecule has 0 aliphatic carbocycles. The number of carbonyl (C=O) groups is 1. The van der Waals surface area contributed by atoms with Crippen LogP contribution in [-0.2, 0) is 25.7 Å². The van der Waals surface area contributed by atoms with E-state index < -0.39 is 0 Å². The van der Waals surface area contributed by atoms with Crippen molar-refractivity contribution in [3.05, 3.63) is 35.9 Å². The number of ether oxygens (including phenoxy) is 2. The number of nitrogens with one attached hydrogen (secondary N) is 1. The van der Waals surface area contributed by atoms with Gasteiger partial charge in [0, 0.05) is 26.1 Å². The Kier molecular flexibility index (Phi) is 6.60. The van der Waals surface area contributed by atoms with Crippen molar-refractivity contribution in [2.75, 3.05) is 32.9 Å². The maximum absolute atomic E-state index is 12.2. The summed E-state index contributed by atoms with van der Waals surface area (Å²) < 4.78 is 11.5. The lowest BCUT2D eigenvalue weighted by Gasteiger charge is -2.32. The van der Waals surface area contributed by atoms with Gasteiger partial charge in [-0.1, -0.05) is 30.3 Å². The standard InChI is InChI=1S/C18H26N2O4/c21-18(7-10-20-9-4-11-24-20)19-16-14-22-12-8-17(16)23-13-15-5-2-1-3-6-15/h1-3,5-6,16-17H,4,7-14H2,(H,19,21)/t16-,17+/m1/s1. The quantitative estimate of drug-likeness (QED) is 0.819. The first kappa shape index (κ1) is 17.4. The van der Waals surface area contributed by atoms with E-state index in [0.29, 0.717) is 32.8 Å². The molecule has 2 aliphatic heterocycles. The van der Waals surface area contributed by atoms with Crippen molar-refractivity contribution < 1.29 is 19.1 Å². The summed E-state index contributed by atoms with van der Waals surface area (Å²) in [6.45, 7) is 4.03. The number of hydrogen-bond donors (Lipinski definition) is 1. The molecule has 2 saturated heterocycles. The third-order valence-electron chi connectivity index (χ3n) is 4.36. The molecule has 1 N–H and O–H groups in total. The zero-order valence-corrected chi connectivity index (χ0v) is 14.0. The highest BCUT2D eigenvalue weighted by atomic mass is 16.7. The highest BCUT2D eigenvalue weighted by Crippen LogP contribution is 2.15. The van der Waals surface area contributed by atoms with Crippen molar-refractivity contribution >= 4 is 5.91 Å². The van der Waals surface area contributed by atoms with E-state index in [-0.39, 0.29) is 18.1 Å². The maximum atomic E-state index is 12.2. The normalized spacial score (nSPS) is 24.8. The number of rotatable bonds is 7. The fourth-order valence-corrected chi connectivity index (χ4v) is 3.01. The molecule has 0 saturated carbocycles.